The summed E-state index contributed by atoms with van der Waals surface area (Å²) >= 11 is 1.40. The molecule has 3 aromatic rings. The molecule has 0 radical (unpaired) electrons. The number of hydrogen-bond donors (Lipinski definition) is 1. The molecule has 1 N–H and O–H groups in total. The predicted octanol–water partition coefficient (Wildman–Crippen LogP) is 4.73. The minimum Gasteiger partial charge on any atom is -0.455 e. The average Bonchev–Trinajstić information content (AvgIpc) is 2.67. The van der Waals surface area contributed by atoms with Crippen LogP contribution >= 0.6 is 11.8 Å². The molecule has 0 spiro atoms. The molecule has 3 rings (SSSR count). The van der Waals surface area contributed by atoms with Crippen LogP contribution in [0.25, 0.3) is 10.8 Å². The van der Waals surface area contributed by atoms with Crippen LogP contribution in [-0.2, 0) is 14.3 Å². The van der Waals surface area contributed by atoms with E-state index in [-0.39, 0.29) is 18.3 Å². The number of anilines is 1. The number of thioether (sulfide) groups is 1. The Morgan fingerprint density at radius 1 is 0.963 bits per heavy atom. The van der Waals surface area contributed by atoms with Gasteiger partial charge >= 0.3 is 5.97 Å². The molecule has 0 heterocycles. The van der Waals surface area contributed by atoms with Crippen LogP contribution in [0.1, 0.15) is 11.1 Å². The Kier molecular flexibility index (Phi) is 6.14. The first kappa shape index (κ1) is 19.0. The van der Waals surface area contributed by atoms with Gasteiger partial charge in [0.25, 0.3) is 5.91 Å². The molecule has 138 valence electrons. The lowest BCUT2D eigenvalue weighted by atomic mass is 10.1. The monoisotopic (exact) mass is 379 g/mol. The molecule has 3 aromatic carbocycles. The SMILES string of the molecule is Cc1ccc(C)c(NC(=O)COC(=O)CSc2ccc3ccccc3c2)c1. The summed E-state index contributed by atoms with van der Waals surface area (Å²) in [5.41, 5.74) is 2.76. The summed E-state index contributed by atoms with van der Waals surface area (Å²) in [7, 11) is 0. The number of rotatable bonds is 6. The lowest BCUT2D eigenvalue weighted by Gasteiger charge is -2.10. The van der Waals surface area contributed by atoms with Gasteiger partial charge in [-0.05, 0) is 53.9 Å². The van der Waals surface area contributed by atoms with E-state index in [1.54, 1.807) is 0 Å². The van der Waals surface area contributed by atoms with Crippen molar-refractivity contribution in [3.8, 4) is 0 Å². The van der Waals surface area contributed by atoms with E-state index in [1.165, 1.54) is 11.8 Å². The molecule has 0 aliphatic carbocycles. The second-order valence-corrected chi connectivity index (χ2v) is 7.37. The number of fused-ring (bicyclic) bond motifs is 1. The molecular weight excluding hydrogens is 358 g/mol. The Hall–Kier alpha value is -2.79. The zero-order valence-electron chi connectivity index (χ0n) is 15.3. The number of amides is 1. The van der Waals surface area contributed by atoms with E-state index in [1.807, 2.05) is 74.5 Å². The van der Waals surface area contributed by atoms with Crippen LogP contribution in [0.3, 0.4) is 0 Å². The fourth-order valence-corrected chi connectivity index (χ4v) is 3.39. The maximum atomic E-state index is 12.0. The standard InChI is InChI=1S/C22H21NO3S/c1-15-7-8-16(2)20(11-15)23-21(24)13-26-22(25)14-27-19-10-9-17-5-3-4-6-18(17)12-19/h3-12H,13-14H2,1-2H3,(H,23,24). The summed E-state index contributed by atoms with van der Waals surface area (Å²) in [6.07, 6.45) is 0. The Bertz CT molecular complexity index is 984. The highest BCUT2D eigenvalue weighted by molar-refractivity contribution is 8.00. The fourth-order valence-electron chi connectivity index (χ4n) is 2.64. The van der Waals surface area contributed by atoms with E-state index in [0.717, 1.165) is 32.5 Å². The van der Waals surface area contributed by atoms with E-state index in [2.05, 4.69) is 5.32 Å². The van der Waals surface area contributed by atoms with Gasteiger partial charge in [0.2, 0.25) is 0 Å². The van der Waals surface area contributed by atoms with Gasteiger partial charge in [0.15, 0.2) is 6.61 Å². The highest BCUT2D eigenvalue weighted by Crippen LogP contribution is 2.23. The van der Waals surface area contributed by atoms with Gasteiger partial charge in [-0.15, -0.1) is 11.8 Å². The maximum absolute atomic E-state index is 12.0. The van der Waals surface area contributed by atoms with Crippen LogP contribution < -0.4 is 5.32 Å². The van der Waals surface area contributed by atoms with Gasteiger partial charge in [-0.1, -0.05) is 42.5 Å². The van der Waals surface area contributed by atoms with E-state index >= 15 is 0 Å². The average molecular weight is 379 g/mol. The molecule has 0 bridgehead atoms. The molecule has 1 amide bonds. The summed E-state index contributed by atoms with van der Waals surface area (Å²) in [5.74, 6) is -0.591. The third kappa shape index (κ3) is 5.34. The van der Waals surface area contributed by atoms with Crippen molar-refractivity contribution in [2.75, 3.05) is 17.7 Å². The molecular formula is C22H21NO3S. The van der Waals surface area contributed by atoms with Crippen molar-refractivity contribution >= 4 is 40.1 Å². The van der Waals surface area contributed by atoms with Crippen LogP contribution in [0, 0.1) is 13.8 Å². The number of hydrogen-bond acceptors (Lipinski definition) is 4. The number of ether oxygens (including phenoxy) is 1. The van der Waals surface area contributed by atoms with E-state index in [0.29, 0.717) is 0 Å². The zero-order valence-corrected chi connectivity index (χ0v) is 16.1. The molecule has 0 saturated carbocycles. The first-order valence-corrected chi connectivity index (χ1v) is 9.64. The lowest BCUT2D eigenvalue weighted by Crippen LogP contribution is -2.22. The summed E-state index contributed by atoms with van der Waals surface area (Å²) in [6.45, 7) is 3.59. The second-order valence-electron chi connectivity index (χ2n) is 6.32. The molecule has 0 atom stereocenters. The molecule has 27 heavy (non-hydrogen) atoms. The van der Waals surface area contributed by atoms with Crippen LogP contribution in [0.4, 0.5) is 5.69 Å². The van der Waals surface area contributed by atoms with E-state index < -0.39 is 5.97 Å². The smallest absolute Gasteiger partial charge is 0.316 e. The quantitative estimate of drug-likeness (QED) is 0.497. The second kappa shape index (κ2) is 8.73. The minimum atomic E-state index is -0.413. The Morgan fingerprint density at radius 2 is 1.74 bits per heavy atom. The topological polar surface area (TPSA) is 55.4 Å². The van der Waals surface area contributed by atoms with Crippen LogP contribution in [-0.4, -0.2) is 24.2 Å². The van der Waals surface area contributed by atoms with Crippen molar-refractivity contribution < 1.29 is 14.3 Å². The number of esters is 1. The van der Waals surface area contributed by atoms with Gasteiger partial charge in [-0.25, -0.2) is 0 Å². The van der Waals surface area contributed by atoms with Crippen molar-refractivity contribution in [3.63, 3.8) is 0 Å². The van der Waals surface area contributed by atoms with Crippen molar-refractivity contribution in [2.45, 2.75) is 18.7 Å². The molecule has 0 aliphatic heterocycles. The summed E-state index contributed by atoms with van der Waals surface area (Å²) in [4.78, 5) is 24.9. The van der Waals surface area contributed by atoms with Gasteiger partial charge in [-0.3, -0.25) is 9.59 Å². The molecule has 0 aromatic heterocycles. The minimum absolute atomic E-state index is 0.162. The third-order valence-electron chi connectivity index (χ3n) is 4.11. The van der Waals surface area contributed by atoms with Crippen molar-refractivity contribution in [1.82, 2.24) is 0 Å². The van der Waals surface area contributed by atoms with Crippen molar-refractivity contribution in [3.05, 3.63) is 71.8 Å². The van der Waals surface area contributed by atoms with Gasteiger partial charge in [0.1, 0.15) is 0 Å². The fraction of sp³-hybridized carbons (Fsp3) is 0.182. The predicted molar refractivity (Wildman–Crippen MR) is 110 cm³/mol. The van der Waals surface area contributed by atoms with E-state index in [4.69, 9.17) is 4.74 Å². The number of nitrogens with one attached hydrogen (secondary N) is 1. The van der Waals surface area contributed by atoms with Crippen molar-refractivity contribution in [2.24, 2.45) is 0 Å². The van der Waals surface area contributed by atoms with Gasteiger partial charge in [0, 0.05) is 10.6 Å². The maximum Gasteiger partial charge on any atom is 0.316 e. The van der Waals surface area contributed by atoms with Crippen molar-refractivity contribution in [1.29, 1.82) is 0 Å². The lowest BCUT2D eigenvalue weighted by molar-refractivity contribution is -0.144. The molecule has 0 unspecified atom stereocenters. The summed E-state index contributed by atoms with van der Waals surface area (Å²) in [6, 6.07) is 19.9. The highest BCUT2D eigenvalue weighted by atomic mass is 32.2. The first-order valence-electron chi connectivity index (χ1n) is 8.65. The highest BCUT2D eigenvalue weighted by Gasteiger charge is 2.10. The third-order valence-corrected chi connectivity index (χ3v) is 5.08. The zero-order chi connectivity index (χ0) is 19.2. The van der Waals surface area contributed by atoms with Crippen LogP contribution in [0.2, 0.25) is 0 Å². The number of benzene rings is 3. The Balaban J connectivity index is 1.47. The number of aryl methyl sites for hydroxylation is 2. The normalized spacial score (nSPS) is 10.6. The summed E-state index contributed by atoms with van der Waals surface area (Å²) < 4.78 is 5.08. The molecule has 0 saturated heterocycles. The Labute approximate surface area is 162 Å². The molecule has 0 fully saturated rings. The summed E-state index contributed by atoms with van der Waals surface area (Å²) in [5, 5.41) is 5.07. The van der Waals surface area contributed by atoms with Gasteiger partial charge in [-0.2, -0.15) is 0 Å². The molecule has 5 heteroatoms. The van der Waals surface area contributed by atoms with E-state index in [9.17, 15) is 9.59 Å². The number of carbonyl (C=O) groups excluding carboxylic acids is 2. The van der Waals surface area contributed by atoms with Crippen LogP contribution in [0.15, 0.2) is 65.6 Å². The van der Waals surface area contributed by atoms with Gasteiger partial charge < -0.3 is 10.1 Å². The van der Waals surface area contributed by atoms with Gasteiger partial charge in [0.05, 0.1) is 5.75 Å². The van der Waals surface area contributed by atoms with Crippen LogP contribution in [0.5, 0.6) is 0 Å². The molecule has 4 nitrogen and oxygen atoms in total. The Morgan fingerprint density at radius 3 is 2.56 bits per heavy atom. The largest absolute Gasteiger partial charge is 0.455 e. The first-order chi connectivity index (χ1) is 13.0. The number of carbonyl (C=O) groups is 2. The molecule has 0 aliphatic rings.